The molecule has 4 nitrogen and oxygen atoms in total. The van der Waals surface area contributed by atoms with Gasteiger partial charge in [0.1, 0.15) is 0 Å². The number of rotatable bonds is 4. The van der Waals surface area contributed by atoms with Crippen molar-refractivity contribution in [1.82, 2.24) is 4.90 Å². The van der Waals surface area contributed by atoms with E-state index in [0.717, 1.165) is 11.5 Å². The molecule has 0 radical (unpaired) electrons. The second kappa shape index (κ2) is 6.15. The third-order valence-electron chi connectivity index (χ3n) is 4.01. The highest BCUT2D eigenvalue weighted by molar-refractivity contribution is 5.56. The Morgan fingerprint density at radius 2 is 1.74 bits per heavy atom. The zero-order valence-electron chi connectivity index (χ0n) is 12.3. The van der Waals surface area contributed by atoms with Crippen molar-refractivity contribution >= 4 is 5.69 Å². The maximum absolute atomic E-state index is 5.37. The Hall–Kier alpha value is -1.42. The van der Waals surface area contributed by atoms with E-state index in [1.165, 1.54) is 31.6 Å². The summed E-state index contributed by atoms with van der Waals surface area (Å²) in [5.74, 6) is 1.57. The van der Waals surface area contributed by atoms with Crippen LogP contribution in [0.3, 0.4) is 0 Å². The fourth-order valence-electron chi connectivity index (χ4n) is 2.64. The topological polar surface area (TPSA) is 24.9 Å². The molecule has 0 amide bonds. The zero-order chi connectivity index (χ0) is 13.8. The molecule has 0 unspecified atom stereocenters. The van der Waals surface area contributed by atoms with E-state index in [1.807, 2.05) is 6.07 Å². The largest absolute Gasteiger partial charge is 0.493 e. The Balaban J connectivity index is 2.12. The Morgan fingerprint density at radius 3 is 2.32 bits per heavy atom. The van der Waals surface area contributed by atoms with E-state index in [9.17, 15) is 0 Å². The van der Waals surface area contributed by atoms with E-state index in [2.05, 4.69) is 36.0 Å². The van der Waals surface area contributed by atoms with Crippen molar-refractivity contribution in [3.8, 4) is 11.5 Å². The second-order valence-corrected chi connectivity index (χ2v) is 5.18. The fourth-order valence-corrected chi connectivity index (χ4v) is 2.64. The Morgan fingerprint density at radius 1 is 1.11 bits per heavy atom. The number of benzene rings is 1. The van der Waals surface area contributed by atoms with Crippen molar-refractivity contribution < 1.29 is 9.47 Å². The van der Waals surface area contributed by atoms with Crippen molar-refractivity contribution in [3.63, 3.8) is 0 Å². The SMILES string of the molecule is COc1ccc(N(C)C2CCN(C)CC2)cc1OC. The van der Waals surface area contributed by atoms with Crippen molar-refractivity contribution in [2.75, 3.05) is 46.3 Å². The third-order valence-corrected chi connectivity index (χ3v) is 4.01. The molecule has 106 valence electrons. The van der Waals surface area contributed by atoms with Gasteiger partial charge in [-0.1, -0.05) is 0 Å². The number of methoxy groups -OCH3 is 2. The van der Waals surface area contributed by atoms with Crippen LogP contribution in [0.25, 0.3) is 0 Å². The molecule has 0 atom stereocenters. The minimum Gasteiger partial charge on any atom is -0.493 e. The van der Waals surface area contributed by atoms with Gasteiger partial charge in [0, 0.05) is 24.8 Å². The van der Waals surface area contributed by atoms with Crippen molar-refractivity contribution in [2.24, 2.45) is 0 Å². The van der Waals surface area contributed by atoms with Crippen LogP contribution < -0.4 is 14.4 Å². The van der Waals surface area contributed by atoms with Crippen LogP contribution in [0, 0.1) is 0 Å². The van der Waals surface area contributed by atoms with E-state index in [1.54, 1.807) is 14.2 Å². The molecule has 0 aromatic heterocycles. The molecule has 0 N–H and O–H groups in total. The normalized spacial score (nSPS) is 17.3. The average molecular weight is 264 g/mol. The molecule has 19 heavy (non-hydrogen) atoms. The molecule has 1 aliphatic rings. The van der Waals surface area contributed by atoms with Crippen molar-refractivity contribution in [1.29, 1.82) is 0 Å². The zero-order valence-corrected chi connectivity index (χ0v) is 12.3. The van der Waals surface area contributed by atoms with Gasteiger partial charge in [-0.25, -0.2) is 0 Å². The number of nitrogens with zero attached hydrogens (tertiary/aromatic N) is 2. The average Bonchev–Trinajstić information content (AvgIpc) is 2.46. The van der Waals surface area contributed by atoms with Gasteiger partial charge < -0.3 is 19.3 Å². The van der Waals surface area contributed by atoms with E-state index < -0.39 is 0 Å². The van der Waals surface area contributed by atoms with Gasteiger partial charge in [-0.05, 0) is 45.1 Å². The first-order valence-electron chi connectivity index (χ1n) is 6.79. The molecular formula is C15H24N2O2. The van der Waals surface area contributed by atoms with Crippen LogP contribution in [0.1, 0.15) is 12.8 Å². The van der Waals surface area contributed by atoms with Crippen LogP contribution in [0.2, 0.25) is 0 Å². The van der Waals surface area contributed by atoms with Gasteiger partial charge >= 0.3 is 0 Å². The summed E-state index contributed by atoms with van der Waals surface area (Å²) >= 11 is 0. The lowest BCUT2D eigenvalue weighted by Gasteiger charge is -2.36. The molecule has 1 aliphatic heterocycles. The number of hydrogen-bond acceptors (Lipinski definition) is 4. The van der Waals surface area contributed by atoms with Gasteiger partial charge in [0.25, 0.3) is 0 Å². The molecule has 0 aliphatic carbocycles. The van der Waals surface area contributed by atoms with E-state index in [0.29, 0.717) is 6.04 Å². The lowest BCUT2D eigenvalue weighted by molar-refractivity contribution is 0.253. The summed E-state index contributed by atoms with van der Waals surface area (Å²) in [4.78, 5) is 4.74. The Bertz CT molecular complexity index is 415. The number of ether oxygens (including phenoxy) is 2. The van der Waals surface area contributed by atoms with Gasteiger partial charge in [0.2, 0.25) is 0 Å². The van der Waals surface area contributed by atoms with Gasteiger partial charge in [0.05, 0.1) is 14.2 Å². The van der Waals surface area contributed by atoms with E-state index in [4.69, 9.17) is 9.47 Å². The van der Waals surface area contributed by atoms with Gasteiger partial charge in [0.15, 0.2) is 11.5 Å². The maximum atomic E-state index is 5.37. The molecule has 4 heteroatoms. The highest BCUT2D eigenvalue weighted by atomic mass is 16.5. The minimum absolute atomic E-state index is 0.606. The quantitative estimate of drug-likeness (QED) is 0.832. The monoisotopic (exact) mass is 264 g/mol. The summed E-state index contributed by atoms with van der Waals surface area (Å²) in [7, 11) is 7.69. The molecule has 1 heterocycles. The van der Waals surface area contributed by atoms with Crippen LogP contribution in [0.15, 0.2) is 18.2 Å². The fraction of sp³-hybridized carbons (Fsp3) is 0.600. The smallest absolute Gasteiger partial charge is 0.162 e. The summed E-state index contributed by atoms with van der Waals surface area (Å²) in [6, 6.07) is 6.73. The molecule has 0 spiro atoms. The summed E-state index contributed by atoms with van der Waals surface area (Å²) < 4.78 is 10.7. The maximum Gasteiger partial charge on any atom is 0.162 e. The third kappa shape index (κ3) is 3.13. The Kier molecular flexibility index (Phi) is 4.53. The first kappa shape index (κ1) is 14.0. The number of hydrogen-bond donors (Lipinski definition) is 0. The molecule has 2 rings (SSSR count). The lowest BCUT2D eigenvalue weighted by atomic mass is 10.0. The second-order valence-electron chi connectivity index (χ2n) is 5.18. The van der Waals surface area contributed by atoms with Gasteiger partial charge in [-0.2, -0.15) is 0 Å². The van der Waals surface area contributed by atoms with Crippen molar-refractivity contribution in [3.05, 3.63) is 18.2 Å². The molecule has 1 fully saturated rings. The standard InChI is InChI=1S/C15H24N2O2/c1-16-9-7-12(8-10-16)17(2)13-5-6-14(18-3)15(11-13)19-4/h5-6,11-12H,7-10H2,1-4H3. The first-order chi connectivity index (χ1) is 9.15. The van der Waals surface area contributed by atoms with Gasteiger partial charge in [-0.15, -0.1) is 0 Å². The number of likely N-dealkylation sites (tertiary alicyclic amines) is 1. The molecule has 1 aromatic carbocycles. The van der Waals surface area contributed by atoms with Crippen LogP contribution in [0.4, 0.5) is 5.69 Å². The summed E-state index contributed by atoms with van der Waals surface area (Å²) in [6.07, 6.45) is 2.42. The van der Waals surface area contributed by atoms with Crippen LogP contribution in [0.5, 0.6) is 11.5 Å². The highest BCUT2D eigenvalue weighted by Crippen LogP contribution is 2.32. The number of anilines is 1. The number of piperidine rings is 1. The molecule has 0 bridgehead atoms. The minimum atomic E-state index is 0.606. The lowest BCUT2D eigenvalue weighted by Crippen LogP contribution is -2.41. The van der Waals surface area contributed by atoms with Gasteiger partial charge in [-0.3, -0.25) is 0 Å². The predicted octanol–water partition coefficient (Wildman–Crippen LogP) is 2.23. The molecule has 0 saturated carbocycles. The predicted molar refractivity (Wildman–Crippen MR) is 78.5 cm³/mol. The van der Waals surface area contributed by atoms with Crippen molar-refractivity contribution in [2.45, 2.75) is 18.9 Å². The first-order valence-corrected chi connectivity index (χ1v) is 6.79. The molecular weight excluding hydrogens is 240 g/mol. The summed E-state index contributed by atoms with van der Waals surface area (Å²) in [6.45, 7) is 2.34. The summed E-state index contributed by atoms with van der Waals surface area (Å²) in [5.41, 5.74) is 1.19. The Labute approximate surface area is 115 Å². The van der Waals surface area contributed by atoms with E-state index >= 15 is 0 Å². The summed E-state index contributed by atoms with van der Waals surface area (Å²) in [5, 5.41) is 0. The van der Waals surface area contributed by atoms with E-state index in [-0.39, 0.29) is 0 Å². The molecule has 1 aromatic rings. The molecule has 1 saturated heterocycles. The van der Waals surface area contributed by atoms with Crippen LogP contribution >= 0.6 is 0 Å². The van der Waals surface area contributed by atoms with Crippen LogP contribution in [-0.4, -0.2) is 52.3 Å². The van der Waals surface area contributed by atoms with Crippen LogP contribution in [-0.2, 0) is 0 Å². The highest BCUT2D eigenvalue weighted by Gasteiger charge is 2.21.